The molecule has 5 heteroatoms. The van der Waals surface area contributed by atoms with E-state index >= 15 is 0 Å². The van der Waals surface area contributed by atoms with Crippen molar-refractivity contribution in [3.63, 3.8) is 0 Å². The fraction of sp³-hybridized carbons (Fsp3) is 0.133. The van der Waals surface area contributed by atoms with Gasteiger partial charge in [0, 0.05) is 30.5 Å². The van der Waals surface area contributed by atoms with Crippen molar-refractivity contribution in [1.29, 1.82) is 0 Å². The van der Waals surface area contributed by atoms with Gasteiger partial charge in [-0.3, -0.25) is 19.5 Å². The molecule has 3 rings (SSSR count). The number of pyridine rings is 1. The van der Waals surface area contributed by atoms with Crippen LogP contribution in [0.3, 0.4) is 0 Å². The zero-order valence-corrected chi connectivity index (χ0v) is 10.7. The maximum atomic E-state index is 12.3. The van der Waals surface area contributed by atoms with Crippen LogP contribution in [0.15, 0.2) is 42.6 Å². The van der Waals surface area contributed by atoms with Crippen LogP contribution in [-0.2, 0) is 6.42 Å². The van der Waals surface area contributed by atoms with Gasteiger partial charge >= 0.3 is 0 Å². The number of carbonyl (C=O) groups excluding carboxylic acids is 2. The first-order valence-corrected chi connectivity index (χ1v) is 6.33. The average molecular weight is 267 g/mol. The number of nitrogens with two attached hydrogens (primary N) is 1. The molecule has 1 aromatic carbocycles. The van der Waals surface area contributed by atoms with E-state index in [1.165, 1.54) is 4.90 Å². The van der Waals surface area contributed by atoms with Gasteiger partial charge in [-0.05, 0) is 24.3 Å². The molecule has 0 spiro atoms. The van der Waals surface area contributed by atoms with Crippen LogP contribution in [0.25, 0.3) is 0 Å². The second-order valence-electron chi connectivity index (χ2n) is 4.60. The van der Waals surface area contributed by atoms with E-state index in [0.29, 0.717) is 29.8 Å². The van der Waals surface area contributed by atoms with Gasteiger partial charge in [-0.2, -0.15) is 0 Å². The van der Waals surface area contributed by atoms with Crippen molar-refractivity contribution in [1.82, 2.24) is 9.88 Å². The summed E-state index contributed by atoms with van der Waals surface area (Å²) >= 11 is 0. The fourth-order valence-corrected chi connectivity index (χ4v) is 2.34. The van der Waals surface area contributed by atoms with Gasteiger partial charge < -0.3 is 5.73 Å². The highest BCUT2D eigenvalue weighted by Crippen LogP contribution is 2.27. The SMILES string of the molecule is Nc1cccc2c1C(=O)N(CCc1ccccn1)C2=O. The van der Waals surface area contributed by atoms with Crippen molar-refractivity contribution >= 4 is 17.5 Å². The topological polar surface area (TPSA) is 76.3 Å². The van der Waals surface area contributed by atoms with Crippen LogP contribution in [0.1, 0.15) is 26.4 Å². The third-order valence-corrected chi connectivity index (χ3v) is 3.35. The lowest BCUT2D eigenvalue weighted by Gasteiger charge is -2.13. The van der Waals surface area contributed by atoms with Gasteiger partial charge in [0.05, 0.1) is 11.1 Å². The molecule has 2 N–H and O–H groups in total. The van der Waals surface area contributed by atoms with Gasteiger partial charge in [-0.25, -0.2) is 0 Å². The Morgan fingerprint density at radius 2 is 1.90 bits per heavy atom. The molecule has 2 amide bonds. The molecular formula is C15H13N3O2. The Labute approximate surface area is 116 Å². The first-order valence-electron chi connectivity index (χ1n) is 6.33. The number of nitrogens with zero attached hydrogens (tertiary/aromatic N) is 2. The Morgan fingerprint density at radius 1 is 1.05 bits per heavy atom. The first-order chi connectivity index (χ1) is 9.68. The largest absolute Gasteiger partial charge is 0.398 e. The lowest BCUT2D eigenvalue weighted by molar-refractivity contribution is 0.0656. The molecule has 1 aliphatic heterocycles. The van der Waals surface area contributed by atoms with Crippen molar-refractivity contribution in [2.45, 2.75) is 6.42 Å². The van der Waals surface area contributed by atoms with Gasteiger partial charge in [0.2, 0.25) is 0 Å². The van der Waals surface area contributed by atoms with E-state index in [1.54, 1.807) is 24.4 Å². The first kappa shape index (κ1) is 12.3. The summed E-state index contributed by atoms with van der Waals surface area (Å²) in [4.78, 5) is 29.9. The summed E-state index contributed by atoms with van der Waals surface area (Å²) in [6.45, 7) is 0.308. The number of imide groups is 1. The molecule has 5 nitrogen and oxygen atoms in total. The number of rotatable bonds is 3. The number of anilines is 1. The molecule has 0 radical (unpaired) electrons. The molecule has 100 valence electrons. The summed E-state index contributed by atoms with van der Waals surface area (Å²) in [5.74, 6) is -0.604. The van der Waals surface area contributed by atoms with Crippen LogP contribution in [0.4, 0.5) is 5.69 Å². The van der Waals surface area contributed by atoms with E-state index in [0.717, 1.165) is 5.69 Å². The number of carbonyl (C=O) groups is 2. The zero-order valence-electron chi connectivity index (χ0n) is 10.7. The van der Waals surface area contributed by atoms with Gasteiger partial charge in [-0.1, -0.05) is 12.1 Å². The van der Waals surface area contributed by atoms with Crippen molar-refractivity contribution < 1.29 is 9.59 Å². The standard InChI is InChI=1S/C15H13N3O2/c16-12-6-3-5-11-13(12)15(20)18(14(11)19)9-7-10-4-1-2-8-17-10/h1-6,8H,7,9,16H2. The summed E-state index contributed by atoms with van der Waals surface area (Å²) in [7, 11) is 0. The molecule has 20 heavy (non-hydrogen) atoms. The highest BCUT2D eigenvalue weighted by molar-refractivity contribution is 6.23. The molecule has 0 saturated heterocycles. The summed E-state index contributed by atoms with van der Waals surface area (Å²) in [6, 6.07) is 10.5. The molecule has 1 aliphatic rings. The minimum Gasteiger partial charge on any atom is -0.398 e. The Balaban J connectivity index is 1.82. The normalized spacial score (nSPS) is 13.7. The highest BCUT2D eigenvalue weighted by Gasteiger charge is 2.36. The maximum Gasteiger partial charge on any atom is 0.263 e. The molecule has 2 aromatic rings. The Hall–Kier alpha value is -2.69. The lowest BCUT2D eigenvalue weighted by atomic mass is 10.1. The number of benzene rings is 1. The third-order valence-electron chi connectivity index (χ3n) is 3.35. The van der Waals surface area contributed by atoms with Gasteiger partial charge in [-0.15, -0.1) is 0 Å². The van der Waals surface area contributed by atoms with Crippen LogP contribution in [0.2, 0.25) is 0 Å². The van der Waals surface area contributed by atoms with E-state index in [9.17, 15) is 9.59 Å². The van der Waals surface area contributed by atoms with E-state index in [2.05, 4.69) is 4.98 Å². The molecule has 2 heterocycles. The number of hydrogen-bond donors (Lipinski definition) is 1. The summed E-state index contributed by atoms with van der Waals surface area (Å²) < 4.78 is 0. The van der Waals surface area contributed by atoms with Crippen molar-refractivity contribution in [3.05, 3.63) is 59.4 Å². The molecule has 0 aliphatic carbocycles. The summed E-state index contributed by atoms with van der Waals surface area (Å²) in [5.41, 5.74) is 7.68. The fourth-order valence-electron chi connectivity index (χ4n) is 2.34. The van der Waals surface area contributed by atoms with Crippen LogP contribution >= 0.6 is 0 Å². The second-order valence-corrected chi connectivity index (χ2v) is 4.60. The maximum absolute atomic E-state index is 12.3. The highest BCUT2D eigenvalue weighted by atomic mass is 16.2. The monoisotopic (exact) mass is 267 g/mol. The van der Waals surface area contributed by atoms with Gasteiger partial charge in [0.15, 0.2) is 0 Å². The smallest absolute Gasteiger partial charge is 0.263 e. The molecule has 0 unspecified atom stereocenters. The predicted molar refractivity (Wildman–Crippen MR) is 74.2 cm³/mol. The Bertz CT molecular complexity index is 683. The van der Waals surface area contributed by atoms with E-state index in [4.69, 9.17) is 5.73 Å². The lowest BCUT2D eigenvalue weighted by Crippen LogP contribution is -2.32. The minimum absolute atomic E-state index is 0.284. The van der Waals surface area contributed by atoms with Crippen molar-refractivity contribution in [2.24, 2.45) is 0 Å². The zero-order chi connectivity index (χ0) is 14.1. The number of aromatic nitrogens is 1. The molecule has 1 aromatic heterocycles. The number of amides is 2. The van der Waals surface area contributed by atoms with Crippen LogP contribution in [0, 0.1) is 0 Å². The minimum atomic E-state index is -0.320. The number of hydrogen-bond acceptors (Lipinski definition) is 4. The van der Waals surface area contributed by atoms with Crippen LogP contribution in [-0.4, -0.2) is 28.2 Å². The molecular weight excluding hydrogens is 254 g/mol. The van der Waals surface area contributed by atoms with Crippen molar-refractivity contribution in [3.8, 4) is 0 Å². The predicted octanol–water partition coefficient (Wildman–Crippen LogP) is 1.50. The second kappa shape index (κ2) is 4.77. The van der Waals surface area contributed by atoms with E-state index in [-0.39, 0.29) is 11.8 Å². The van der Waals surface area contributed by atoms with Gasteiger partial charge in [0.1, 0.15) is 0 Å². The molecule has 0 bridgehead atoms. The summed E-state index contributed by atoms with van der Waals surface area (Å²) in [5, 5.41) is 0. The summed E-state index contributed by atoms with van der Waals surface area (Å²) in [6.07, 6.45) is 2.22. The average Bonchev–Trinajstić information content (AvgIpc) is 2.71. The Kier molecular flexibility index (Phi) is 2.95. The van der Waals surface area contributed by atoms with Crippen molar-refractivity contribution in [2.75, 3.05) is 12.3 Å². The molecule has 0 atom stereocenters. The van der Waals surface area contributed by atoms with Gasteiger partial charge in [0.25, 0.3) is 11.8 Å². The Morgan fingerprint density at radius 3 is 2.60 bits per heavy atom. The van der Waals surface area contributed by atoms with Crippen LogP contribution in [0.5, 0.6) is 0 Å². The number of fused-ring (bicyclic) bond motifs is 1. The van der Waals surface area contributed by atoms with E-state index in [1.807, 2.05) is 18.2 Å². The number of nitrogen functional groups attached to an aromatic ring is 1. The van der Waals surface area contributed by atoms with E-state index < -0.39 is 0 Å². The van der Waals surface area contributed by atoms with Crippen LogP contribution < -0.4 is 5.73 Å². The quantitative estimate of drug-likeness (QED) is 0.675. The third kappa shape index (κ3) is 1.93. The molecule has 0 fully saturated rings. The molecule has 0 saturated carbocycles.